The van der Waals surface area contributed by atoms with E-state index in [1.165, 1.54) is 74.5 Å². The average molecular weight is 1110 g/mol. The fourth-order valence-corrected chi connectivity index (χ4v) is 9.70. The lowest BCUT2D eigenvalue weighted by Crippen LogP contribution is -2.43. The number of rotatable bonds is 14. The van der Waals surface area contributed by atoms with Crippen LogP contribution in [0.2, 0.25) is 10.0 Å². The van der Waals surface area contributed by atoms with Gasteiger partial charge in [0.1, 0.15) is 41.0 Å². The van der Waals surface area contributed by atoms with Crippen LogP contribution in [0, 0.1) is 10.1 Å². The molecule has 22 nitrogen and oxygen atoms in total. The van der Waals surface area contributed by atoms with E-state index in [1.54, 1.807) is 11.0 Å². The molecule has 0 radical (unpaired) electrons. The second-order valence-corrected chi connectivity index (χ2v) is 22.4. The maximum Gasteiger partial charge on any atom is 0.440 e. The lowest BCUT2D eigenvalue weighted by molar-refractivity contribution is -0.384. The summed E-state index contributed by atoms with van der Waals surface area (Å²) >= 11 is 12.5. The number of piperidine rings is 2. The molecule has 0 unspecified atom stereocenters. The first-order valence-corrected chi connectivity index (χ1v) is 28.7. The number of likely N-dealkylation sites (tertiary alicyclic amines) is 1. The van der Waals surface area contributed by atoms with Crippen LogP contribution in [-0.4, -0.2) is 121 Å². The molecule has 26 heteroatoms. The van der Waals surface area contributed by atoms with E-state index in [1.807, 2.05) is 30.3 Å². The molecule has 2 saturated heterocycles. The second kappa shape index (κ2) is 25.7. The van der Waals surface area contributed by atoms with Crippen molar-refractivity contribution in [2.45, 2.75) is 101 Å². The highest BCUT2D eigenvalue weighted by atomic mass is 35.5. The molecular weight excluding hydrogens is 1050 g/mol. The van der Waals surface area contributed by atoms with E-state index in [9.17, 15) is 36.5 Å². The molecule has 2 aromatic heterocycles. The van der Waals surface area contributed by atoms with Crippen LogP contribution < -0.4 is 38.4 Å². The van der Waals surface area contributed by atoms with Crippen LogP contribution in [0.1, 0.15) is 77.0 Å². The number of ether oxygens (including phenoxy) is 5. The van der Waals surface area contributed by atoms with Gasteiger partial charge in [0.25, 0.3) is 5.69 Å². The summed E-state index contributed by atoms with van der Waals surface area (Å²) < 4.78 is 80.1. The Hall–Kier alpha value is -6.34. The van der Waals surface area contributed by atoms with Crippen molar-refractivity contribution in [1.29, 1.82) is 0 Å². The van der Waals surface area contributed by atoms with E-state index < -0.39 is 31.1 Å². The summed E-state index contributed by atoms with van der Waals surface area (Å²) in [5.74, 6) is 3.15. The SMILES string of the molecule is CS(=O)(=O)Nc1ccn(C(=O)N2CCC(Oc3ccc(Cl)c(OC4CCCC4)c3)CC2)n1.CS(=O)(=O)Nc1ccn(C(=O)Oc2ccc([N+](=O)[O-])cc2)n1.Clc1ccc(OC2CCNCC2)cc1OC1CCCC1. The van der Waals surface area contributed by atoms with Crippen molar-refractivity contribution in [2.24, 2.45) is 0 Å². The number of nitro groups is 1. The number of hydrogen-bond donors (Lipinski definition) is 3. The highest BCUT2D eigenvalue weighted by Gasteiger charge is 2.27. The minimum Gasteiger partial charge on any atom is -0.490 e. The summed E-state index contributed by atoms with van der Waals surface area (Å²) in [4.78, 5) is 36.0. The number of benzene rings is 3. The predicted octanol–water partition coefficient (Wildman–Crippen LogP) is 8.74. The van der Waals surface area contributed by atoms with E-state index in [-0.39, 0.29) is 41.3 Å². The molecule has 5 aromatic rings. The van der Waals surface area contributed by atoms with Crippen molar-refractivity contribution in [2.75, 3.05) is 48.1 Å². The number of carbonyl (C=O) groups is 2. The van der Waals surface area contributed by atoms with Gasteiger partial charge in [0, 0.05) is 74.7 Å². The lowest BCUT2D eigenvalue weighted by atomic mass is 10.1. The number of halogens is 2. The van der Waals surface area contributed by atoms with Crippen LogP contribution in [0.15, 0.2) is 85.2 Å². The lowest BCUT2D eigenvalue weighted by Gasteiger charge is -2.32. The average Bonchev–Trinajstić information content (AvgIpc) is 4.22. The van der Waals surface area contributed by atoms with Crippen LogP contribution in [0.4, 0.5) is 26.9 Å². The van der Waals surface area contributed by atoms with Gasteiger partial charge in [-0.3, -0.25) is 19.6 Å². The molecule has 2 aliphatic heterocycles. The summed E-state index contributed by atoms with van der Waals surface area (Å²) in [5.41, 5.74) is -0.140. The Kier molecular flexibility index (Phi) is 19.3. The number of nitrogens with one attached hydrogen (secondary N) is 3. The molecule has 4 aliphatic rings. The maximum atomic E-state index is 12.7. The Balaban J connectivity index is 0.000000168. The Morgan fingerprint density at radius 3 is 1.53 bits per heavy atom. The third-order valence-electron chi connectivity index (χ3n) is 12.0. The molecule has 2 aliphatic carbocycles. The Morgan fingerprint density at radius 2 is 1.05 bits per heavy atom. The minimum atomic E-state index is -3.50. The van der Waals surface area contributed by atoms with Gasteiger partial charge in [-0.2, -0.15) is 9.36 Å². The van der Waals surface area contributed by atoms with E-state index in [0.29, 0.717) is 59.7 Å². The predicted molar refractivity (Wildman–Crippen MR) is 277 cm³/mol. The molecule has 0 atom stereocenters. The first-order valence-electron chi connectivity index (χ1n) is 24.1. The van der Waals surface area contributed by atoms with Crippen molar-refractivity contribution in [1.82, 2.24) is 29.8 Å². The topological polar surface area (TPSA) is 267 Å². The highest BCUT2D eigenvalue weighted by molar-refractivity contribution is 7.92. The van der Waals surface area contributed by atoms with E-state index >= 15 is 0 Å². The molecular formula is C48H59Cl2N9O13S2. The third kappa shape index (κ3) is 17.4. The molecule has 74 heavy (non-hydrogen) atoms. The van der Waals surface area contributed by atoms with Crippen LogP contribution in [0.5, 0.6) is 28.7 Å². The van der Waals surface area contributed by atoms with Gasteiger partial charge in [-0.25, -0.2) is 26.4 Å². The first kappa shape index (κ1) is 55.4. The van der Waals surface area contributed by atoms with Gasteiger partial charge in [-0.15, -0.1) is 10.2 Å². The van der Waals surface area contributed by atoms with Gasteiger partial charge in [0.2, 0.25) is 20.0 Å². The van der Waals surface area contributed by atoms with Crippen LogP contribution >= 0.6 is 23.2 Å². The summed E-state index contributed by atoms with van der Waals surface area (Å²) in [6.45, 7) is 3.09. The van der Waals surface area contributed by atoms with Gasteiger partial charge in [0.05, 0.1) is 39.7 Å². The number of nitro benzene ring substituents is 1. The van der Waals surface area contributed by atoms with Crippen LogP contribution in [0.3, 0.4) is 0 Å². The minimum absolute atomic E-state index is 0.0281. The summed E-state index contributed by atoms with van der Waals surface area (Å²) in [7, 11) is -6.95. The molecule has 1 amide bonds. The molecule has 4 heterocycles. The van der Waals surface area contributed by atoms with Crippen LogP contribution in [0.25, 0.3) is 0 Å². The van der Waals surface area contributed by atoms with Gasteiger partial charge >= 0.3 is 12.1 Å². The quantitative estimate of drug-likeness (QED) is 0.0693. The van der Waals surface area contributed by atoms with E-state index in [2.05, 4.69) is 25.0 Å². The normalized spacial score (nSPS) is 16.7. The number of amides is 1. The number of nitrogens with zero attached hydrogens (tertiary/aromatic N) is 6. The van der Waals surface area contributed by atoms with E-state index in [0.717, 1.165) is 85.0 Å². The Bertz CT molecular complexity index is 2920. The van der Waals surface area contributed by atoms with Crippen molar-refractivity contribution >= 4 is 72.7 Å². The zero-order valence-electron chi connectivity index (χ0n) is 40.8. The number of anilines is 2. The molecule has 4 fully saturated rings. The molecule has 3 aromatic carbocycles. The zero-order valence-corrected chi connectivity index (χ0v) is 43.9. The number of hydrogen-bond acceptors (Lipinski definition) is 16. The molecule has 0 spiro atoms. The van der Waals surface area contributed by atoms with Gasteiger partial charge in [-0.05, 0) is 114 Å². The molecule has 0 bridgehead atoms. The van der Waals surface area contributed by atoms with Gasteiger partial charge in [0.15, 0.2) is 11.6 Å². The van der Waals surface area contributed by atoms with Crippen molar-refractivity contribution in [3.05, 3.63) is 105 Å². The van der Waals surface area contributed by atoms with Gasteiger partial charge in [-0.1, -0.05) is 23.2 Å². The third-order valence-corrected chi connectivity index (χ3v) is 13.8. The number of non-ortho nitro benzene ring substituents is 1. The second-order valence-electron chi connectivity index (χ2n) is 18.0. The van der Waals surface area contributed by atoms with E-state index in [4.69, 9.17) is 46.9 Å². The number of aromatic nitrogens is 4. The molecule has 9 rings (SSSR count). The Labute approximate surface area is 439 Å². The molecule has 2 saturated carbocycles. The highest BCUT2D eigenvalue weighted by Crippen LogP contribution is 2.35. The fourth-order valence-electron chi connectivity index (χ4n) is 8.40. The largest absolute Gasteiger partial charge is 0.490 e. The fraction of sp³-hybridized carbons (Fsp3) is 0.458. The maximum absolute atomic E-state index is 12.7. The van der Waals surface area contributed by atoms with Gasteiger partial charge < -0.3 is 33.9 Å². The monoisotopic (exact) mass is 1100 g/mol. The summed E-state index contributed by atoms with van der Waals surface area (Å²) in [6, 6.07) is 18.5. The van der Waals surface area contributed by atoms with Crippen molar-refractivity contribution in [3.63, 3.8) is 0 Å². The summed E-state index contributed by atoms with van der Waals surface area (Å²) in [6.07, 6.45) is 17.3. The number of carbonyl (C=O) groups excluding carboxylic acids is 2. The number of sulfonamides is 2. The smallest absolute Gasteiger partial charge is 0.440 e. The molecule has 400 valence electrons. The Morgan fingerprint density at radius 1 is 0.622 bits per heavy atom. The first-order chi connectivity index (χ1) is 35.3. The standard InChI is InChI=1S/C21H27ClN4O5S.C16H22ClNO2.C11H10N4O6S/c1-32(28,29)24-20-10-13-26(23-20)21(27)25-11-8-16(9-12-25)30-17-6-7-18(22)19(14-17)31-15-4-2-3-5-15;17-15-6-5-14(19-13-7-9-18-10-8-13)11-16(15)20-12-3-1-2-4-12;1-22(19,20)13-10-6-7-14(12-10)11(16)21-9-4-2-8(3-5-9)15(17)18/h6-7,10,13-16H,2-5,8-9,11-12H2,1H3,(H,23,24);5-6,11-13,18H,1-4,7-10H2;2-7H,1H3,(H,12,13). The molecule has 3 N–H and O–H groups in total. The zero-order chi connectivity index (χ0) is 52.8. The van der Waals surface area contributed by atoms with Crippen LogP contribution in [-0.2, 0) is 20.0 Å². The van der Waals surface area contributed by atoms with Crippen molar-refractivity contribution < 1.29 is 55.0 Å². The van der Waals surface area contributed by atoms with Crippen molar-refractivity contribution in [3.8, 4) is 28.7 Å². The summed E-state index contributed by atoms with van der Waals surface area (Å²) in [5, 5.41) is 22.8.